The van der Waals surface area contributed by atoms with Crippen molar-refractivity contribution in [3.8, 4) is 11.1 Å². The summed E-state index contributed by atoms with van der Waals surface area (Å²) in [6, 6.07) is 10.2. The summed E-state index contributed by atoms with van der Waals surface area (Å²) < 4.78 is 0. The summed E-state index contributed by atoms with van der Waals surface area (Å²) in [6.07, 6.45) is 1.84. The molecule has 0 atom stereocenters. The Kier molecular flexibility index (Phi) is 2.42. The van der Waals surface area contributed by atoms with Gasteiger partial charge in [0.25, 0.3) is 0 Å². The van der Waals surface area contributed by atoms with Crippen LogP contribution in [0.25, 0.3) is 11.1 Å². The van der Waals surface area contributed by atoms with E-state index in [1.165, 1.54) is 11.1 Å². The highest BCUT2D eigenvalue weighted by atomic mass is 14.8. The lowest BCUT2D eigenvalue weighted by atomic mass is 9.99. The van der Waals surface area contributed by atoms with Gasteiger partial charge in [0, 0.05) is 11.8 Å². The number of aromatic nitrogens is 1. The second-order valence-corrected chi connectivity index (χ2v) is 3.74. The molecule has 1 heterocycles. The molecular formula is C13H14N2. The second kappa shape index (κ2) is 3.73. The molecule has 2 rings (SSSR count). The van der Waals surface area contributed by atoms with Gasteiger partial charge < -0.3 is 5.73 Å². The first-order valence-corrected chi connectivity index (χ1v) is 4.96. The molecule has 0 unspecified atom stereocenters. The van der Waals surface area contributed by atoms with Gasteiger partial charge in [0.15, 0.2) is 0 Å². The maximum Gasteiger partial charge on any atom is 0.123 e. The van der Waals surface area contributed by atoms with Crippen molar-refractivity contribution in [2.24, 2.45) is 0 Å². The number of benzene rings is 1. The van der Waals surface area contributed by atoms with Crippen molar-refractivity contribution in [2.75, 3.05) is 5.73 Å². The van der Waals surface area contributed by atoms with Gasteiger partial charge in [-0.15, -0.1) is 0 Å². The number of aryl methyl sites for hydroxylation is 2. The summed E-state index contributed by atoms with van der Waals surface area (Å²) in [5.74, 6) is 0.574. The number of hydrogen-bond acceptors (Lipinski definition) is 2. The first-order chi connectivity index (χ1) is 7.18. The molecule has 0 aliphatic rings. The van der Waals surface area contributed by atoms with E-state index in [0.717, 1.165) is 11.1 Å². The minimum absolute atomic E-state index is 0.574. The molecule has 0 bridgehead atoms. The number of rotatable bonds is 1. The molecular weight excluding hydrogens is 184 g/mol. The number of nitrogens with zero attached hydrogens (tertiary/aromatic N) is 1. The summed E-state index contributed by atoms with van der Waals surface area (Å²) >= 11 is 0. The van der Waals surface area contributed by atoms with E-state index in [4.69, 9.17) is 5.73 Å². The van der Waals surface area contributed by atoms with Crippen molar-refractivity contribution in [3.05, 3.63) is 47.7 Å². The highest BCUT2D eigenvalue weighted by molar-refractivity contribution is 5.70. The first kappa shape index (κ1) is 9.71. The molecule has 2 N–H and O–H groups in total. The lowest BCUT2D eigenvalue weighted by Crippen LogP contribution is -1.93. The third kappa shape index (κ3) is 1.84. The van der Waals surface area contributed by atoms with E-state index in [1.54, 1.807) is 0 Å². The quantitative estimate of drug-likeness (QED) is 0.765. The molecule has 0 saturated heterocycles. The van der Waals surface area contributed by atoms with E-state index in [-0.39, 0.29) is 0 Å². The second-order valence-electron chi connectivity index (χ2n) is 3.74. The van der Waals surface area contributed by atoms with E-state index in [1.807, 2.05) is 24.4 Å². The van der Waals surface area contributed by atoms with Crippen LogP contribution < -0.4 is 5.73 Å². The molecule has 76 valence electrons. The maximum atomic E-state index is 5.63. The van der Waals surface area contributed by atoms with Crippen LogP contribution in [0.5, 0.6) is 0 Å². The van der Waals surface area contributed by atoms with Gasteiger partial charge in [-0.05, 0) is 36.6 Å². The standard InChI is InChI=1S/C13H14N2/c1-9-5-3-4-6-11(9)12-8-15-13(14)7-10(12)2/h3-8H,1-2H3,(H2,14,15). The lowest BCUT2D eigenvalue weighted by Gasteiger charge is -2.08. The van der Waals surface area contributed by atoms with Crippen LogP contribution in [0, 0.1) is 13.8 Å². The zero-order valence-corrected chi connectivity index (χ0v) is 8.99. The highest BCUT2D eigenvalue weighted by Gasteiger charge is 2.04. The number of nitrogens with two attached hydrogens (primary N) is 1. The fourth-order valence-electron chi connectivity index (χ4n) is 1.73. The molecule has 15 heavy (non-hydrogen) atoms. The van der Waals surface area contributed by atoms with Gasteiger partial charge >= 0.3 is 0 Å². The highest BCUT2D eigenvalue weighted by Crippen LogP contribution is 2.26. The van der Waals surface area contributed by atoms with Crippen LogP contribution in [0.4, 0.5) is 5.82 Å². The smallest absolute Gasteiger partial charge is 0.123 e. The number of hydrogen-bond donors (Lipinski definition) is 1. The Bertz CT molecular complexity index is 490. The first-order valence-electron chi connectivity index (χ1n) is 4.96. The Labute approximate surface area is 89.8 Å². The molecule has 1 aromatic carbocycles. The van der Waals surface area contributed by atoms with Crippen molar-refractivity contribution in [3.63, 3.8) is 0 Å². The van der Waals surface area contributed by atoms with Gasteiger partial charge in [0.2, 0.25) is 0 Å². The Morgan fingerprint density at radius 3 is 2.40 bits per heavy atom. The zero-order chi connectivity index (χ0) is 10.8. The van der Waals surface area contributed by atoms with Gasteiger partial charge in [-0.2, -0.15) is 0 Å². The third-order valence-electron chi connectivity index (χ3n) is 2.57. The van der Waals surface area contributed by atoms with Crippen LogP contribution in [0.15, 0.2) is 36.5 Å². The van der Waals surface area contributed by atoms with E-state index in [2.05, 4.69) is 31.0 Å². The number of anilines is 1. The SMILES string of the molecule is Cc1ccccc1-c1cnc(N)cc1C. The lowest BCUT2D eigenvalue weighted by molar-refractivity contribution is 1.29. The predicted octanol–water partition coefficient (Wildman–Crippen LogP) is 2.95. The maximum absolute atomic E-state index is 5.63. The third-order valence-corrected chi connectivity index (χ3v) is 2.57. The van der Waals surface area contributed by atoms with Crippen molar-refractivity contribution >= 4 is 5.82 Å². The Balaban J connectivity index is 2.60. The van der Waals surface area contributed by atoms with Crippen molar-refractivity contribution in [1.82, 2.24) is 4.98 Å². The van der Waals surface area contributed by atoms with Crippen molar-refractivity contribution in [1.29, 1.82) is 0 Å². The Hall–Kier alpha value is -1.83. The van der Waals surface area contributed by atoms with Gasteiger partial charge in [-0.3, -0.25) is 0 Å². The molecule has 2 nitrogen and oxygen atoms in total. The van der Waals surface area contributed by atoms with E-state index in [9.17, 15) is 0 Å². The molecule has 1 aromatic heterocycles. The van der Waals surface area contributed by atoms with Crippen molar-refractivity contribution < 1.29 is 0 Å². The van der Waals surface area contributed by atoms with E-state index < -0.39 is 0 Å². The molecule has 0 saturated carbocycles. The van der Waals surface area contributed by atoms with Gasteiger partial charge in [-0.25, -0.2) is 4.98 Å². The van der Waals surface area contributed by atoms with E-state index >= 15 is 0 Å². The van der Waals surface area contributed by atoms with Crippen LogP contribution >= 0.6 is 0 Å². The zero-order valence-electron chi connectivity index (χ0n) is 8.99. The molecule has 0 radical (unpaired) electrons. The van der Waals surface area contributed by atoms with Crippen LogP contribution in [-0.4, -0.2) is 4.98 Å². The van der Waals surface area contributed by atoms with Gasteiger partial charge in [0.1, 0.15) is 5.82 Å². The largest absolute Gasteiger partial charge is 0.384 e. The van der Waals surface area contributed by atoms with Gasteiger partial charge in [-0.1, -0.05) is 24.3 Å². The topological polar surface area (TPSA) is 38.9 Å². The Morgan fingerprint density at radius 2 is 1.73 bits per heavy atom. The average Bonchev–Trinajstić information content (AvgIpc) is 2.20. The fourth-order valence-corrected chi connectivity index (χ4v) is 1.73. The number of pyridine rings is 1. The average molecular weight is 198 g/mol. The summed E-state index contributed by atoms with van der Waals surface area (Å²) in [4.78, 5) is 4.14. The fraction of sp³-hybridized carbons (Fsp3) is 0.154. The van der Waals surface area contributed by atoms with E-state index in [0.29, 0.717) is 5.82 Å². The minimum atomic E-state index is 0.574. The minimum Gasteiger partial charge on any atom is -0.384 e. The van der Waals surface area contributed by atoms with Gasteiger partial charge in [0.05, 0.1) is 0 Å². The summed E-state index contributed by atoms with van der Waals surface area (Å²) in [5, 5.41) is 0. The van der Waals surface area contributed by atoms with Crippen molar-refractivity contribution in [2.45, 2.75) is 13.8 Å². The number of nitrogen functional groups attached to an aromatic ring is 1. The molecule has 0 amide bonds. The normalized spacial score (nSPS) is 10.3. The molecule has 0 aliphatic carbocycles. The molecule has 0 spiro atoms. The predicted molar refractivity (Wildman–Crippen MR) is 63.6 cm³/mol. The summed E-state index contributed by atoms with van der Waals surface area (Å²) in [6.45, 7) is 4.16. The van der Waals surface area contributed by atoms with Crippen LogP contribution in [0.3, 0.4) is 0 Å². The molecule has 0 fully saturated rings. The molecule has 0 aliphatic heterocycles. The van der Waals surface area contributed by atoms with Crippen LogP contribution in [0.1, 0.15) is 11.1 Å². The van der Waals surface area contributed by atoms with Crippen LogP contribution in [-0.2, 0) is 0 Å². The molecule has 2 heteroatoms. The molecule has 2 aromatic rings. The summed E-state index contributed by atoms with van der Waals surface area (Å²) in [7, 11) is 0. The Morgan fingerprint density at radius 1 is 1.00 bits per heavy atom. The monoisotopic (exact) mass is 198 g/mol. The summed E-state index contributed by atoms with van der Waals surface area (Å²) in [5.41, 5.74) is 10.4. The van der Waals surface area contributed by atoms with Crippen LogP contribution in [0.2, 0.25) is 0 Å².